The number of carbonyl (C=O) groups excluding carboxylic acids is 1. The van der Waals surface area contributed by atoms with Crippen LogP contribution in [0, 0.1) is 12.8 Å². The molecule has 1 unspecified atom stereocenters. The van der Waals surface area contributed by atoms with E-state index in [1.807, 2.05) is 45.0 Å². The number of nitrogens with zero attached hydrogens (tertiary/aromatic N) is 2. The molecule has 0 fully saturated rings. The summed E-state index contributed by atoms with van der Waals surface area (Å²) in [6.45, 7) is 5.97. The molecule has 20 heavy (non-hydrogen) atoms. The van der Waals surface area contributed by atoms with Crippen molar-refractivity contribution in [3.63, 3.8) is 0 Å². The highest BCUT2D eigenvalue weighted by Crippen LogP contribution is 2.05. The van der Waals surface area contributed by atoms with E-state index in [2.05, 4.69) is 5.10 Å². The van der Waals surface area contributed by atoms with Crippen LogP contribution in [0.5, 0.6) is 0 Å². The van der Waals surface area contributed by atoms with Gasteiger partial charge in [0.15, 0.2) is 5.78 Å². The quantitative estimate of drug-likeness (QED) is 0.343. The molecule has 5 nitrogen and oxygen atoms in total. The highest BCUT2D eigenvalue weighted by Gasteiger charge is 2.12. The zero-order chi connectivity index (χ0) is 15.1. The van der Waals surface area contributed by atoms with Gasteiger partial charge in [0.1, 0.15) is 12.4 Å². The van der Waals surface area contributed by atoms with Gasteiger partial charge in [-0.25, -0.2) is 11.0 Å². The molecule has 0 bridgehead atoms. The van der Waals surface area contributed by atoms with E-state index in [1.165, 1.54) is 5.56 Å². The van der Waals surface area contributed by atoms with Crippen molar-refractivity contribution in [3.8, 4) is 0 Å². The molecule has 110 valence electrons. The molecule has 0 aromatic heterocycles. The lowest BCUT2D eigenvalue weighted by atomic mass is 10.0. The molecule has 1 rings (SSSR count). The number of hydrazone groups is 1. The minimum absolute atomic E-state index is 0.00502. The number of hydrogen-bond acceptors (Lipinski definition) is 4. The number of benzene rings is 1. The van der Waals surface area contributed by atoms with Crippen LogP contribution in [0.3, 0.4) is 0 Å². The van der Waals surface area contributed by atoms with Gasteiger partial charge in [0.25, 0.3) is 0 Å². The molecule has 0 amide bonds. The van der Waals surface area contributed by atoms with Crippen LogP contribution in [0.2, 0.25) is 0 Å². The van der Waals surface area contributed by atoms with Crippen molar-refractivity contribution in [2.24, 2.45) is 22.6 Å². The number of rotatable bonds is 7. The maximum atomic E-state index is 11.7. The zero-order valence-corrected chi connectivity index (χ0v) is 12.5. The number of Topliss-reactive ketones (excluding diaryl/α,β-unsaturated/α-hetero) is 1. The molecule has 1 atom stereocenters. The van der Waals surface area contributed by atoms with Crippen LogP contribution in [0.15, 0.2) is 29.4 Å². The molecule has 0 saturated carbocycles. The van der Waals surface area contributed by atoms with Gasteiger partial charge in [0.05, 0.1) is 0 Å². The Balaban J connectivity index is 2.55. The smallest absolute Gasteiger partial charge is 0.158 e. The number of ketones is 1. The summed E-state index contributed by atoms with van der Waals surface area (Å²) in [6.07, 6.45) is 1.32. The summed E-state index contributed by atoms with van der Waals surface area (Å²) >= 11 is 0. The van der Waals surface area contributed by atoms with Crippen molar-refractivity contribution >= 4 is 11.6 Å². The van der Waals surface area contributed by atoms with Crippen LogP contribution < -0.4 is 11.6 Å². The second kappa shape index (κ2) is 7.65. The van der Waals surface area contributed by atoms with E-state index in [1.54, 1.807) is 0 Å². The molecule has 1 aromatic rings. The second-order valence-corrected chi connectivity index (χ2v) is 5.13. The fourth-order valence-corrected chi connectivity index (χ4v) is 1.69. The van der Waals surface area contributed by atoms with Crippen LogP contribution in [0.1, 0.15) is 31.4 Å². The summed E-state index contributed by atoms with van der Waals surface area (Å²) in [6, 6.07) is 8.05. The van der Waals surface area contributed by atoms with Gasteiger partial charge in [-0.1, -0.05) is 43.7 Å². The van der Waals surface area contributed by atoms with E-state index in [0.717, 1.165) is 17.1 Å². The largest absolute Gasteiger partial charge is 0.385 e. The van der Waals surface area contributed by atoms with Crippen molar-refractivity contribution in [1.29, 1.82) is 0 Å². The lowest BCUT2D eigenvalue weighted by Gasteiger charge is -2.15. The first kappa shape index (κ1) is 16.2. The topological polar surface area (TPSA) is 84.7 Å². The van der Waals surface area contributed by atoms with Crippen molar-refractivity contribution < 1.29 is 4.79 Å². The molecule has 5 heteroatoms. The third-order valence-corrected chi connectivity index (χ3v) is 3.24. The van der Waals surface area contributed by atoms with E-state index in [9.17, 15) is 4.79 Å². The average Bonchev–Trinajstić information content (AvgIpc) is 2.40. The van der Waals surface area contributed by atoms with E-state index in [4.69, 9.17) is 11.6 Å². The Morgan fingerprint density at radius 3 is 2.50 bits per heavy atom. The highest BCUT2D eigenvalue weighted by molar-refractivity contribution is 5.84. The van der Waals surface area contributed by atoms with Gasteiger partial charge >= 0.3 is 0 Å². The monoisotopic (exact) mass is 276 g/mol. The number of hydrazine groups is 1. The van der Waals surface area contributed by atoms with Gasteiger partial charge in [0.2, 0.25) is 0 Å². The summed E-state index contributed by atoms with van der Waals surface area (Å²) < 4.78 is 0. The Morgan fingerprint density at radius 2 is 1.95 bits per heavy atom. The normalized spacial score (nSPS) is 13.1. The number of hydrogen-bond donors (Lipinski definition) is 2. The minimum Gasteiger partial charge on any atom is -0.385 e. The van der Waals surface area contributed by atoms with E-state index < -0.39 is 0 Å². The van der Waals surface area contributed by atoms with E-state index in [-0.39, 0.29) is 18.2 Å². The third-order valence-electron chi connectivity index (χ3n) is 3.24. The molecular weight excluding hydrogens is 252 g/mol. The van der Waals surface area contributed by atoms with Gasteiger partial charge in [0, 0.05) is 12.3 Å². The number of carbonyl (C=O) groups is 1. The molecule has 1 aromatic carbocycles. The summed E-state index contributed by atoms with van der Waals surface area (Å²) in [5.41, 5.74) is 8.11. The predicted molar refractivity (Wildman–Crippen MR) is 81.9 cm³/mol. The molecule has 0 aliphatic rings. The third kappa shape index (κ3) is 5.40. The number of nitrogens with two attached hydrogens (primary N) is 2. The Morgan fingerprint density at radius 1 is 1.35 bits per heavy atom. The maximum absolute atomic E-state index is 11.7. The summed E-state index contributed by atoms with van der Waals surface area (Å²) in [4.78, 5) is 11.7. The molecule has 0 radical (unpaired) electrons. The Labute approximate surface area is 120 Å². The maximum Gasteiger partial charge on any atom is 0.158 e. The van der Waals surface area contributed by atoms with Crippen molar-refractivity contribution in [3.05, 3.63) is 35.4 Å². The van der Waals surface area contributed by atoms with Gasteiger partial charge < -0.3 is 5.73 Å². The zero-order valence-electron chi connectivity index (χ0n) is 12.5. The first-order chi connectivity index (χ1) is 9.42. The fourth-order valence-electron chi connectivity index (χ4n) is 1.69. The molecule has 0 saturated heterocycles. The van der Waals surface area contributed by atoms with Gasteiger partial charge in [-0.3, -0.25) is 4.79 Å². The standard InChI is InChI=1S/C15H24N4O/c1-4-12(3)14(20)10-19(17)18-15(16)9-13-7-5-11(2)6-8-13/h5-8,12H,4,9-10,17H2,1-3H3,(H2,16,18). The number of amidine groups is 1. The van der Waals surface area contributed by atoms with Crippen LogP contribution in [-0.4, -0.2) is 23.3 Å². The van der Waals surface area contributed by atoms with Crippen LogP contribution in [-0.2, 0) is 11.2 Å². The molecule has 0 spiro atoms. The summed E-state index contributed by atoms with van der Waals surface area (Å²) in [5, 5.41) is 5.16. The molecule has 0 aliphatic carbocycles. The van der Waals surface area contributed by atoms with E-state index in [0.29, 0.717) is 12.3 Å². The predicted octanol–water partition coefficient (Wildman–Crippen LogP) is 1.60. The number of aryl methyl sites for hydroxylation is 1. The first-order valence-corrected chi connectivity index (χ1v) is 6.85. The second-order valence-electron chi connectivity index (χ2n) is 5.13. The van der Waals surface area contributed by atoms with Gasteiger partial charge in [-0.15, -0.1) is 5.10 Å². The lowest BCUT2D eigenvalue weighted by molar-refractivity contribution is -0.123. The molecule has 0 heterocycles. The van der Waals surface area contributed by atoms with E-state index >= 15 is 0 Å². The van der Waals surface area contributed by atoms with Crippen molar-refractivity contribution in [2.75, 3.05) is 6.54 Å². The van der Waals surface area contributed by atoms with Crippen LogP contribution in [0.25, 0.3) is 0 Å². The van der Waals surface area contributed by atoms with Gasteiger partial charge in [-0.2, -0.15) is 0 Å². The Hall–Kier alpha value is -1.88. The van der Waals surface area contributed by atoms with Crippen LogP contribution in [0.4, 0.5) is 0 Å². The van der Waals surface area contributed by atoms with Crippen LogP contribution >= 0.6 is 0 Å². The Bertz CT molecular complexity index is 467. The highest BCUT2D eigenvalue weighted by atomic mass is 16.1. The van der Waals surface area contributed by atoms with Gasteiger partial charge in [-0.05, 0) is 18.9 Å². The molecular formula is C15H24N4O. The summed E-state index contributed by atoms with van der Waals surface area (Å²) in [5.74, 6) is 6.15. The summed E-state index contributed by atoms with van der Waals surface area (Å²) in [7, 11) is 0. The molecule has 0 aliphatic heterocycles. The SMILES string of the molecule is CCC(C)C(=O)CN(N)/N=C(\N)Cc1ccc(C)cc1. The first-order valence-electron chi connectivity index (χ1n) is 6.85. The van der Waals surface area contributed by atoms with Crippen molar-refractivity contribution in [2.45, 2.75) is 33.6 Å². The van der Waals surface area contributed by atoms with Crippen molar-refractivity contribution in [1.82, 2.24) is 5.12 Å². The lowest BCUT2D eigenvalue weighted by Crippen LogP contribution is -2.36. The fraction of sp³-hybridized carbons (Fsp3) is 0.467. The average molecular weight is 276 g/mol. The Kier molecular flexibility index (Phi) is 6.18. The minimum atomic E-state index is -0.00502. The molecule has 4 N–H and O–H groups in total.